The predicted octanol–water partition coefficient (Wildman–Crippen LogP) is 7.17. The third-order valence-corrected chi connectivity index (χ3v) is 4.76. The van der Waals surface area contributed by atoms with E-state index in [4.69, 9.17) is 0 Å². The van der Waals surface area contributed by atoms with E-state index in [9.17, 15) is 79.0 Å². The van der Waals surface area contributed by atoms with Gasteiger partial charge in [0.25, 0.3) is 0 Å². The van der Waals surface area contributed by atoms with E-state index >= 15 is 0 Å². The van der Waals surface area contributed by atoms with Gasteiger partial charge in [-0.1, -0.05) is 0 Å². The summed E-state index contributed by atoms with van der Waals surface area (Å²) in [4.78, 5) is 1.46. The van der Waals surface area contributed by atoms with Crippen molar-refractivity contribution in [3.05, 3.63) is 39.4 Å². The molecule has 0 N–H and O–H groups in total. The second-order valence-electron chi connectivity index (χ2n) is 6.38. The second-order valence-corrected chi connectivity index (χ2v) is 7.18. The molecule has 2 rings (SSSR count). The number of halogens is 19. The number of alkyl halides is 14. The molecule has 3 nitrogen and oxygen atoms in total. The molecule has 0 amide bonds. The van der Waals surface area contributed by atoms with Crippen LogP contribution in [0.2, 0.25) is 0 Å². The fourth-order valence-electron chi connectivity index (χ4n) is 2.22. The van der Waals surface area contributed by atoms with Gasteiger partial charge in [0, 0.05) is 0 Å². The Balaban J connectivity index is 3.09. The van der Waals surface area contributed by atoms with Crippen LogP contribution in [0.15, 0.2) is 4.47 Å². The first-order chi connectivity index (χ1) is 15.8. The highest BCUT2D eigenvalue weighted by Crippen LogP contribution is 2.54. The van der Waals surface area contributed by atoms with Crippen molar-refractivity contribution in [2.45, 2.75) is 36.0 Å². The van der Waals surface area contributed by atoms with Gasteiger partial charge >= 0.3 is 36.0 Å². The number of benzene rings is 1. The molecule has 1 aromatic carbocycles. The monoisotopic (exact) mass is 631 g/mol. The molecule has 0 aliphatic rings. The number of hydrogen-bond donors (Lipinski definition) is 0. The smallest absolute Gasteiger partial charge is 0.205 e. The van der Waals surface area contributed by atoms with Crippen LogP contribution < -0.4 is 0 Å². The topological polar surface area (TPSA) is 30.7 Å². The first kappa shape index (κ1) is 29.8. The molecule has 0 aliphatic carbocycles. The molecule has 0 saturated carbocycles. The van der Waals surface area contributed by atoms with Crippen molar-refractivity contribution in [3.63, 3.8) is 0 Å². The van der Waals surface area contributed by atoms with Crippen LogP contribution in [0.4, 0.5) is 79.0 Å². The van der Waals surface area contributed by atoms with Crippen LogP contribution in [0, 0.1) is 23.3 Å². The average molecular weight is 632 g/mol. The highest BCUT2D eigenvalue weighted by Gasteiger charge is 2.78. The van der Waals surface area contributed by atoms with Gasteiger partial charge in [-0.15, -0.1) is 5.10 Å². The highest BCUT2D eigenvalue weighted by atomic mass is 79.9. The zero-order valence-corrected chi connectivity index (χ0v) is 17.1. The maximum Gasteiger partial charge on any atom is 0.460 e. The Bertz CT molecular complexity index is 1150. The summed E-state index contributed by atoms with van der Waals surface area (Å²) in [6.07, 6.45) is -14.6. The molecular weight excluding hydrogens is 632 g/mol. The van der Waals surface area contributed by atoms with Gasteiger partial charge in [0.05, 0.1) is 4.47 Å². The fraction of sp³-hybridized carbons (Fsp3) is 0.429. The molecule has 0 atom stereocenters. The summed E-state index contributed by atoms with van der Waals surface area (Å²) in [5.41, 5.74) is -2.95. The van der Waals surface area contributed by atoms with Crippen molar-refractivity contribution in [2.75, 3.05) is 0 Å². The number of rotatable bonds is 5. The lowest BCUT2D eigenvalue weighted by atomic mass is 10.1. The van der Waals surface area contributed by atoms with E-state index in [2.05, 4.69) is 0 Å². The molecule has 1 heterocycles. The Kier molecular flexibility index (Phi) is 6.87. The lowest BCUT2D eigenvalue weighted by molar-refractivity contribution is -0.363. The van der Waals surface area contributed by atoms with Crippen molar-refractivity contribution in [3.8, 4) is 5.69 Å². The third-order valence-electron chi connectivity index (χ3n) is 4.07. The molecule has 0 radical (unpaired) electrons. The molecule has 0 spiro atoms. The van der Waals surface area contributed by atoms with Gasteiger partial charge in [-0.2, -0.15) is 61.5 Å². The summed E-state index contributed by atoms with van der Waals surface area (Å²) in [7, 11) is 0. The molecule has 0 saturated heterocycles. The van der Waals surface area contributed by atoms with E-state index < -0.39 is 85.8 Å². The van der Waals surface area contributed by atoms with Crippen LogP contribution in [-0.4, -0.2) is 39.0 Å². The summed E-state index contributed by atoms with van der Waals surface area (Å²) < 4.78 is 236. The molecule has 0 fully saturated rings. The first-order valence-corrected chi connectivity index (χ1v) is 8.70. The van der Waals surface area contributed by atoms with Crippen molar-refractivity contribution < 1.29 is 79.0 Å². The zero-order chi connectivity index (χ0) is 28.6. The molecule has 2 aromatic rings. The van der Waals surface area contributed by atoms with Gasteiger partial charge in [-0.3, -0.25) is 0 Å². The number of nitrogens with zero attached hydrogens (tertiary/aromatic N) is 3. The minimum absolute atomic E-state index is 1.46. The zero-order valence-electron chi connectivity index (χ0n) is 15.5. The van der Waals surface area contributed by atoms with E-state index in [0.717, 1.165) is 0 Å². The van der Waals surface area contributed by atoms with Crippen LogP contribution in [0.1, 0.15) is 11.6 Å². The van der Waals surface area contributed by atoms with Gasteiger partial charge in [-0.05, 0) is 15.9 Å². The lowest BCUT2D eigenvalue weighted by Crippen LogP contribution is -2.51. The van der Waals surface area contributed by atoms with Crippen LogP contribution >= 0.6 is 15.9 Å². The molecule has 22 heteroatoms. The van der Waals surface area contributed by atoms with Crippen molar-refractivity contribution in [2.24, 2.45) is 0 Å². The van der Waals surface area contributed by atoms with E-state index in [1.54, 1.807) is 5.10 Å². The molecule has 1 aromatic heterocycles. The van der Waals surface area contributed by atoms with Gasteiger partial charge in [-0.25, -0.2) is 27.2 Å². The number of aromatic nitrogens is 3. The maximum atomic E-state index is 14.2. The largest absolute Gasteiger partial charge is 0.460 e. The Morgan fingerprint density at radius 3 is 1.28 bits per heavy atom. The van der Waals surface area contributed by atoms with E-state index in [0.29, 0.717) is 0 Å². The van der Waals surface area contributed by atoms with Crippen molar-refractivity contribution in [1.82, 2.24) is 14.8 Å². The summed E-state index contributed by atoms with van der Waals surface area (Å²) in [5, 5.41) is 1.69. The third kappa shape index (κ3) is 4.03. The van der Waals surface area contributed by atoms with Gasteiger partial charge < -0.3 is 0 Å². The van der Waals surface area contributed by atoms with Gasteiger partial charge in [0.15, 0.2) is 23.3 Å². The Morgan fingerprint density at radius 1 is 0.556 bits per heavy atom. The molecule has 204 valence electrons. The Labute approximate surface area is 191 Å². The maximum absolute atomic E-state index is 14.2. The van der Waals surface area contributed by atoms with E-state index in [1.807, 2.05) is 15.9 Å². The summed E-state index contributed by atoms with van der Waals surface area (Å²) in [5.74, 6) is -47.8. The van der Waals surface area contributed by atoms with Crippen LogP contribution in [0.5, 0.6) is 0 Å². The van der Waals surface area contributed by atoms with E-state index in [-0.39, 0.29) is 0 Å². The molecule has 0 unspecified atom stereocenters. The Morgan fingerprint density at radius 2 is 0.917 bits per heavy atom. The van der Waals surface area contributed by atoms with Crippen LogP contribution in [0.3, 0.4) is 0 Å². The minimum atomic E-state index is -7.47. The first-order valence-electron chi connectivity index (χ1n) is 7.91. The highest BCUT2D eigenvalue weighted by molar-refractivity contribution is 9.10. The Hall–Kier alpha value is -2.42. The predicted molar refractivity (Wildman–Crippen MR) is 78.7 cm³/mol. The molecule has 0 aliphatic heterocycles. The standard InChI is InChI=1S/C14BrF18N3/c15-1-2(16)4(18)6(5(19)3(1)17)36-8(10(22,23)12(26,27)14(31,32)33)34-7(35-36)9(20,21)11(24,25)13(28,29)30. The minimum Gasteiger partial charge on any atom is -0.205 e. The lowest BCUT2D eigenvalue weighted by Gasteiger charge is -2.27. The molecule has 0 bridgehead atoms. The summed E-state index contributed by atoms with van der Waals surface area (Å²) >= 11 is 1.85. The van der Waals surface area contributed by atoms with Crippen LogP contribution in [0.25, 0.3) is 5.69 Å². The molecular formula is C14BrF18N3. The fourth-order valence-corrected chi connectivity index (χ4v) is 2.57. The van der Waals surface area contributed by atoms with Gasteiger partial charge in [0.2, 0.25) is 11.6 Å². The SMILES string of the molecule is Fc1c(F)c(-n2nc(C(F)(F)C(F)(F)C(F)(F)F)nc2C(F)(F)C(F)(F)C(F)(F)F)c(F)c(F)c1Br. The number of hydrogen-bond acceptors (Lipinski definition) is 2. The second kappa shape index (κ2) is 8.30. The summed E-state index contributed by atoms with van der Waals surface area (Å²) in [6.45, 7) is 0. The quantitative estimate of drug-likeness (QED) is 0.199. The normalized spacial score (nSPS) is 14.5. The van der Waals surface area contributed by atoms with E-state index in [1.165, 1.54) is 4.98 Å². The van der Waals surface area contributed by atoms with Gasteiger partial charge in [0.1, 0.15) is 5.69 Å². The average Bonchev–Trinajstić information content (AvgIpc) is 3.15. The van der Waals surface area contributed by atoms with Crippen LogP contribution in [-0.2, 0) is 11.8 Å². The summed E-state index contributed by atoms with van der Waals surface area (Å²) in [6, 6.07) is 0. The van der Waals surface area contributed by atoms with Crippen molar-refractivity contribution >= 4 is 15.9 Å². The molecule has 36 heavy (non-hydrogen) atoms. The van der Waals surface area contributed by atoms with Crippen molar-refractivity contribution in [1.29, 1.82) is 0 Å².